The molecule has 2 atom stereocenters. The zero-order valence-corrected chi connectivity index (χ0v) is 20.2. The van der Waals surface area contributed by atoms with Gasteiger partial charge in [-0.1, -0.05) is 11.6 Å². The van der Waals surface area contributed by atoms with Crippen molar-refractivity contribution in [2.24, 2.45) is 25.9 Å². The number of aryl methyl sites for hydroxylation is 2. The van der Waals surface area contributed by atoms with Crippen molar-refractivity contribution >= 4 is 23.2 Å². The summed E-state index contributed by atoms with van der Waals surface area (Å²) in [6, 6.07) is 3.88. The van der Waals surface area contributed by atoms with Crippen LogP contribution < -0.4 is 5.32 Å². The summed E-state index contributed by atoms with van der Waals surface area (Å²) in [6.45, 7) is 0. The maximum atomic E-state index is 13.5. The average molecular weight is 526 g/mol. The number of hydrogen-bond acceptors (Lipinski definition) is 4. The van der Waals surface area contributed by atoms with E-state index < -0.39 is 29.1 Å². The summed E-state index contributed by atoms with van der Waals surface area (Å²) in [5, 5.41) is 17.8. The highest BCUT2D eigenvalue weighted by atomic mass is 35.5. The number of aliphatic hydroxyl groups is 1. The average Bonchev–Trinajstić information content (AvgIpc) is 3.52. The first-order valence-corrected chi connectivity index (χ1v) is 11.8. The molecule has 2 aliphatic rings. The second kappa shape index (κ2) is 8.58. The summed E-state index contributed by atoms with van der Waals surface area (Å²) in [5.74, 6) is -1.17. The number of halogens is 5. The Hall–Kier alpha value is -2.92. The molecule has 1 aromatic carbocycles. The molecular weight excluding hydrogens is 502 g/mol. The molecule has 2 unspecified atom stereocenters. The summed E-state index contributed by atoms with van der Waals surface area (Å²) in [4.78, 5) is 17.5. The molecule has 2 N–H and O–H groups in total. The third kappa shape index (κ3) is 4.28. The van der Waals surface area contributed by atoms with Crippen LogP contribution in [0.5, 0.6) is 0 Å². The van der Waals surface area contributed by atoms with Gasteiger partial charge in [-0.2, -0.15) is 18.3 Å². The molecule has 2 aliphatic carbocycles. The Bertz CT molecular complexity index is 1320. The minimum absolute atomic E-state index is 0.0306. The fourth-order valence-electron chi connectivity index (χ4n) is 5.91. The maximum absolute atomic E-state index is 13.5. The van der Waals surface area contributed by atoms with E-state index in [1.54, 1.807) is 11.6 Å². The van der Waals surface area contributed by atoms with Gasteiger partial charge in [0.25, 0.3) is 5.91 Å². The topological polar surface area (TPSA) is 85.0 Å². The minimum Gasteiger partial charge on any atom is -0.383 e. The molecule has 5 rings (SSSR count). The molecule has 0 saturated heterocycles. The number of aromatic nitrogens is 4. The largest absolute Gasteiger partial charge is 0.419 e. The molecule has 2 fully saturated rings. The first-order valence-electron chi connectivity index (χ1n) is 11.5. The number of hydrogen-bond donors (Lipinski definition) is 2. The van der Waals surface area contributed by atoms with Crippen LogP contribution in [-0.2, 0) is 25.9 Å². The number of amides is 1. The number of imidazole rings is 1. The SMILES string of the molecule is Cn1cc(C(F)(F)F)c(C2(O)CC3CC(c4ncn(C)c4C(=O)Nc4ccc(F)c(Cl)c4)CC3C2)n1. The van der Waals surface area contributed by atoms with E-state index in [0.29, 0.717) is 29.9 Å². The number of anilines is 1. The quantitative estimate of drug-likeness (QED) is 0.469. The molecule has 0 bridgehead atoms. The lowest BCUT2D eigenvalue weighted by atomic mass is 9.88. The Kier molecular flexibility index (Phi) is 5.90. The van der Waals surface area contributed by atoms with Crippen LogP contribution in [0, 0.1) is 17.7 Å². The zero-order chi connectivity index (χ0) is 26.0. The highest BCUT2D eigenvalue weighted by Gasteiger charge is 2.54. The molecule has 0 radical (unpaired) electrons. The van der Waals surface area contributed by atoms with Crippen molar-refractivity contribution in [1.29, 1.82) is 0 Å². The molecule has 2 heterocycles. The summed E-state index contributed by atoms with van der Waals surface area (Å²) in [7, 11) is 3.10. The van der Waals surface area contributed by atoms with Gasteiger partial charge in [0.1, 0.15) is 22.8 Å². The smallest absolute Gasteiger partial charge is 0.383 e. The van der Waals surface area contributed by atoms with Crippen LogP contribution in [0.1, 0.15) is 59.0 Å². The van der Waals surface area contributed by atoms with Gasteiger partial charge in [-0.15, -0.1) is 0 Å². The van der Waals surface area contributed by atoms with E-state index in [2.05, 4.69) is 15.4 Å². The fourth-order valence-corrected chi connectivity index (χ4v) is 6.09. The number of carbonyl (C=O) groups excluding carboxylic acids is 1. The molecule has 0 spiro atoms. The van der Waals surface area contributed by atoms with Crippen molar-refractivity contribution in [2.75, 3.05) is 5.32 Å². The number of rotatable bonds is 4. The first-order chi connectivity index (χ1) is 16.9. The number of alkyl halides is 3. The van der Waals surface area contributed by atoms with Crippen molar-refractivity contribution in [3.8, 4) is 0 Å². The summed E-state index contributed by atoms with van der Waals surface area (Å²) in [6.07, 6.45) is -0.674. The molecular formula is C24H24ClF4N5O2. The predicted octanol–water partition coefficient (Wildman–Crippen LogP) is 5.01. The van der Waals surface area contributed by atoms with Gasteiger partial charge in [-0.3, -0.25) is 9.48 Å². The highest BCUT2D eigenvalue weighted by molar-refractivity contribution is 6.31. The summed E-state index contributed by atoms with van der Waals surface area (Å²) >= 11 is 5.81. The van der Waals surface area contributed by atoms with Gasteiger partial charge in [0.15, 0.2) is 0 Å². The van der Waals surface area contributed by atoms with Gasteiger partial charge in [-0.05, 0) is 55.7 Å². The van der Waals surface area contributed by atoms with E-state index in [4.69, 9.17) is 11.6 Å². The van der Waals surface area contributed by atoms with E-state index in [1.807, 2.05) is 0 Å². The molecule has 1 amide bonds. The number of benzene rings is 1. The summed E-state index contributed by atoms with van der Waals surface area (Å²) in [5.41, 5.74) is -1.61. The number of nitrogens with one attached hydrogen (secondary N) is 1. The molecule has 192 valence electrons. The van der Waals surface area contributed by atoms with Crippen LogP contribution in [0.3, 0.4) is 0 Å². The number of fused-ring (bicyclic) bond motifs is 1. The van der Waals surface area contributed by atoms with Crippen LogP contribution in [0.4, 0.5) is 23.2 Å². The first kappa shape index (κ1) is 24.8. The van der Waals surface area contributed by atoms with Gasteiger partial charge in [-0.25, -0.2) is 9.37 Å². The molecule has 7 nitrogen and oxygen atoms in total. The van der Waals surface area contributed by atoms with E-state index in [1.165, 1.54) is 25.5 Å². The molecule has 2 aromatic heterocycles. The zero-order valence-electron chi connectivity index (χ0n) is 19.5. The summed E-state index contributed by atoms with van der Waals surface area (Å²) < 4.78 is 56.8. The van der Waals surface area contributed by atoms with Crippen molar-refractivity contribution in [1.82, 2.24) is 19.3 Å². The van der Waals surface area contributed by atoms with Crippen molar-refractivity contribution in [3.63, 3.8) is 0 Å². The lowest BCUT2D eigenvalue weighted by Crippen LogP contribution is -2.27. The molecule has 3 aromatic rings. The van der Waals surface area contributed by atoms with E-state index >= 15 is 0 Å². The van der Waals surface area contributed by atoms with Crippen LogP contribution in [0.15, 0.2) is 30.7 Å². The van der Waals surface area contributed by atoms with Crippen molar-refractivity contribution in [3.05, 3.63) is 64.2 Å². The van der Waals surface area contributed by atoms with Crippen LogP contribution >= 0.6 is 11.6 Å². The predicted molar refractivity (Wildman–Crippen MR) is 123 cm³/mol. The van der Waals surface area contributed by atoms with Crippen LogP contribution in [0.25, 0.3) is 0 Å². The Morgan fingerprint density at radius 3 is 2.50 bits per heavy atom. The van der Waals surface area contributed by atoms with Gasteiger partial charge in [0.2, 0.25) is 0 Å². The standard InChI is InChI=1S/C24H24ClF4N5O2/c1-33-11-30-19(20(33)22(35)31-15-3-4-18(26)17(25)7-15)12-5-13-8-23(36,9-14(13)6-12)21-16(24(27,28)29)10-34(2)32-21/h3-4,7,10-14,36H,5-6,8-9H2,1-2H3,(H,31,35). The second-order valence-electron chi connectivity index (χ2n) is 9.86. The van der Waals surface area contributed by atoms with Crippen molar-refractivity contribution < 1.29 is 27.5 Å². The Labute approximate surface area is 209 Å². The van der Waals surface area contributed by atoms with E-state index in [-0.39, 0.29) is 41.3 Å². The van der Waals surface area contributed by atoms with Crippen molar-refractivity contribution in [2.45, 2.75) is 43.4 Å². The highest BCUT2D eigenvalue weighted by Crippen LogP contribution is 2.57. The minimum atomic E-state index is -4.61. The number of carbonyl (C=O) groups is 1. The van der Waals surface area contributed by atoms with Gasteiger partial charge >= 0.3 is 6.18 Å². The maximum Gasteiger partial charge on any atom is 0.419 e. The molecule has 12 heteroatoms. The van der Waals surface area contributed by atoms with Gasteiger partial charge in [0.05, 0.1) is 22.6 Å². The van der Waals surface area contributed by atoms with Crippen LogP contribution in [0.2, 0.25) is 5.02 Å². The molecule has 0 aliphatic heterocycles. The Balaban J connectivity index is 1.34. The van der Waals surface area contributed by atoms with E-state index in [0.717, 1.165) is 16.9 Å². The lowest BCUT2D eigenvalue weighted by molar-refractivity contribution is -0.140. The third-order valence-electron chi connectivity index (χ3n) is 7.36. The van der Waals surface area contributed by atoms with E-state index in [9.17, 15) is 27.5 Å². The fraction of sp³-hybridized carbons (Fsp3) is 0.458. The lowest BCUT2D eigenvalue weighted by Gasteiger charge is -2.24. The third-order valence-corrected chi connectivity index (χ3v) is 7.65. The molecule has 36 heavy (non-hydrogen) atoms. The number of nitrogens with zero attached hydrogens (tertiary/aromatic N) is 4. The normalized spacial score (nSPS) is 25.8. The van der Waals surface area contributed by atoms with Crippen LogP contribution in [-0.4, -0.2) is 30.3 Å². The monoisotopic (exact) mass is 525 g/mol. The second-order valence-corrected chi connectivity index (χ2v) is 10.3. The van der Waals surface area contributed by atoms with Gasteiger partial charge in [0, 0.05) is 31.9 Å². The van der Waals surface area contributed by atoms with Gasteiger partial charge < -0.3 is 15.0 Å². The Morgan fingerprint density at radius 2 is 1.89 bits per heavy atom. The molecule has 2 saturated carbocycles. The Morgan fingerprint density at radius 1 is 1.22 bits per heavy atom.